The van der Waals surface area contributed by atoms with Crippen LogP contribution in [0.2, 0.25) is 0 Å². The van der Waals surface area contributed by atoms with E-state index in [-0.39, 0.29) is 12.1 Å². The van der Waals surface area contributed by atoms with Crippen LogP contribution in [0.15, 0.2) is 36.4 Å². The van der Waals surface area contributed by atoms with E-state index < -0.39 is 0 Å². The Kier molecular flexibility index (Phi) is 5.17. The third kappa shape index (κ3) is 3.85. The van der Waals surface area contributed by atoms with E-state index in [0.717, 1.165) is 50.9 Å². The lowest BCUT2D eigenvalue weighted by atomic mass is 9.70. The Labute approximate surface area is 172 Å². The lowest BCUT2D eigenvalue weighted by Crippen LogP contribution is -2.65. The van der Waals surface area contributed by atoms with Gasteiger partial charge in [-0.1, -0.05) is 30.3 Å². The van der Waals surface area contributed by atoms with E-state index in [9.17, 15) is 9.59 Å². The van der Waals surface area contributed by atoms with E-state index in [0.29, 0.717) is 29.8 Å². The molecule has 4 heterocycles. The molecule has 5 atom stereocenters. The number of carbonyl (C=O) groups excluding carboxylic acids is 2. The third-order valence-electron chi connectivity index (χ3n) is 7.41. The first-order chi connectivity index (χ1) is 14.2. The van der Waals surface area contributed by atoms with Gasteiger partial charge in [-0.25, -0.2) is 4.79 Å². The maximum absolute atomic E-state index is 12.5. The highest BCUT2D eigenvalue weighted by Gasteiger charge is 2.49. The van der Waals surface area contributed by atoms with Crippen molar-refractivity contribution in [1.82, 2.24) is 9.80 Å². The molecule has 29 heavy (non-hydrogen) atoms. The fraction of sp³-hybridized carbons (Fsp3) is 0.583. The van der Waals surface area contributed by atoms with Crippen molar-refractivity contribution in [1.29, 1.82) is 0 Å². The van der Waals surface area contributed by atoms with Gasteiger partial charge in [0.15, 0.2) is 0 Å². The van der Waals surface area contributed by atoms with E-state index >= 15 is 0 Å². The Hall–Kier alpha value is -2.14. The highest BCUT2D eigenvalue weighted by atomic mass is 16.5. The molecule has 1 aromatic rings. The summed E-state index contributed by atoms with van der Waals surface area (Å²) in [5.41, 5.74) is 1.00. The maximum Gasteiger partial charge on any atom is 0.331 e. The minimum Gasteiger partial charge on any atom is -0.459 e. The molecular formula is C24H30N2O3. The molecule has 0 N–H and O–H groups in total. The number of esters is 1. The summed E-state index contributed by atoms with van der Waals surface area (Å²) in [6, 6.07) is 10.7. The summed E-state index contributed by atoms with van der Waals surface area (Å²) in [6.07, 6.45) is 9.32. The maximum atomic E-state index is 12.5. The molecule has 1 aromatic carbocycles. The average molecular weight is 395 g/mol. The van der Waals surface area contributed by atoms with Gasteiger partial charge in [-0.2, -0.15) is 0 Å². The van der Waals surface area contributed by atoms with Crippen molar-refractivity contribution in [2.24, 2.45) is 11.8 Å². The molecular weight excluding hydrogens is 364 g/mol. The molecule has 1 amide bonds. The third-order valence-corrected chi connectivity index (χ3v) is 7.41. The summed E-state index contributed by atoms with van der Waals surface area (Å²) < 4.78 is 5.79. The van der Waals surface area contributed by atoms with Crippen LogP contribution in [0, 0.1) is 11.8 Å². The number of piperidine rings is 4. The van der Waals surface area contributed by atoms with Crippen LogP contribution >= 0.6 is 0 Å². The van der Waals surface area contributed by atoms with Crippen LogP contribution in [0.25, 0.3) is 6.08 Å². The van der Waals surface area contributed by atoms with E-state index in [2.05, 4.69) is 9.80 Å². The van der Waals surface area contributed by atoms with Crippen molar-refractivity contribution in [2.75, 3.05) is 19.6 Å². The number of hydrogen-bond acceptors (Lipinski definition) is 4. The zero-order chi connectivity index (χ0) is 19.8. The van der Waals surface area contributed by atoms with Gasteiger partial charge in [-0.3, -0.25) is 9.69 Å². The zero-order valence-electron chi connectivity index (χ0n) is 16.9. The number of amides is 1. The minimum atomic E-state index is -0.254. The van der Waals surface area contributed by atoms with Crippen LogP contribution < -0.4 is 0 Å². The molecule has 0 spiro atoms. The molecule has 0 saturated carbocycles. The summed E-state index contributed by atoms with van der Waals surface area (Å²) in [5, 5.41) is 0. The second-order valence-electron chi connectivity index (χ2n) is 9.15. The van der Waals surface area contributed by atoms with E-state index in [1.54, 1.807) is 0 Å². The molecule has 4 saturated heterocycles. The number of fused-ring (bicyclic) bond motifs is 6. The lowest BCUT2D eigenvalue weighted by molar-refractivity contribution is -0.155. The van der Waals surface area contributed by atoms with Gasteiger partial charge < -0.3 is 9.64 Å². The summed E-state index contributed by atoms with van der Waals surface area (Å²) >= 11 is 0. The zero-order valence-corrected chi connectivity index (χ0v) is 16.9. The molecule has 5 nitrogen and oxygen atoms in total. The Morgan fingerprint density at radius 1 is 1.03 bits per heavy atom. The van der Waals surface area contributed by atoms with Crippen LogP contribution in [0.4, 0.5) is 0 Å². The van der Waals surface area contributed by atoms with Crippen LogP contribution in [0.1, 0.15) is 44.1 Å². The van der Waals surface area contributed by atoms with Crippen molar-refractivity contribution in [3.63, 3.8) is 0 Å². The van der Waals surface area contributed by atoms with Gasteiger partial charge in [0.1, 0.15) is 6.10 Å². The molecule has 4 fully saturated rings. The standard InChI is InChI=1S/C24H30N2O3/c27-23-8-4-7-21-18-13-19(16-26(21)23)22-14-20(11-12-25(22)15-18)29-24(28)10-9-17-5-2-1-3-6-17/h1-3,5-6,9-10,18-22H,4,7-8,11-16H2/b10-9+. The van der Waals surface area contributed by atoms with E-state index in [4.69, 9.17) is 4.74 Å². The second kappa shape index (κ2) is 7.94. The molecule has 5 rings (SSSR count). The topological polar surface area (TPSA) is 49.9 Å². The van der Waals surface area contributed by atoms with Gasteiger partial charge >= 0.3 is 5.97 Å². The fourth-order valence-corrected chi connectivity index (χ4v) is 6.09. The Bertz CT molecular complexity index is 793. The monoisotopic (exact) mass is 394 g/mol. The first kappa shape index (κ1) is 18.9. The van der Waals surface area contributed by atoms with Gasteiger partial charge in [0, 0.05) is 50.6 Å². The number of nitrogens with zero attached hydrogens (tertiary/aromatic N) is 2. The first-order valence-corrected chi connectivity index (χ1v) is 11.1. The van der Waals surface area contributed by atoms with Gasteiger partial charge in [0.25, 0.3) is 0 Å². The second-order valence-corrected chi connectivity index (χ2v) is 9.15. The Morgan fingerprint density at radius 3 is 2.72 bits per heavy atom. The Morgan fingerprint density at radius 2 is 1.86 bits per heavy atom. The predicted octanol–water partition coefficient (Wildman–Crippen LogP) is 3.11. The molecule has 4 aliphatic heterocycles. The summed E-state index contributed by atoms with van der Waals surface area (Å²) in [5.74, 6) is 1.25. The lowest BCUT2D eigenvalue weighted by Gasteiger charge is -2.57. The quantitative estimate of drug-likeness (QED) is 0.584. The van der Waals surface area contributed by atoms with Crippen molar-refractivity contribution in [2.45, 2.75) is 56.7 Å². The fourth-order valence-electron chi connectivity index (χ4n) is 6.09. The highest BCUT2D eigenvalue weighted by molar-refractivity contribution is 5.87. The number of rotatable bonds is 3. The summed E-state index contributed by atoms with van der Waals surface area (Å²) in [7, 11) is 0. The molecule has 0 radical (unpaired) electrons. The van der Waals surface area contributed by atoms with E-state index in [1.807, 2.05) is 36.4 Å². The SMILES string of the molecule is O=C(/C=C/c1ccccc1)OC1CCN2CC3CC(CN4C(=O)CCCC34)C2C1. The first-order valence-electron chi connectivity index (χ1n) is 11.1. The number of ether oxygens (including phenoxy) is 1. The summed E-state index contributed by atoms with van der Waals surface area (Å²) in [6.45, 7) is 3.00. The van der Waals surface area contributed by atoms with E-state index in [1.165, 1.54) is 18.9 Å². The van der Waals surface area contributed by atoms with Gasteiger partial charge in [-0.15, -0.1) is 0 Å². The molecule has 0 aliphatic carbocycles. The molecule has 0 aromatic heterocycles. The largest absolute Gasteiger partial charge is 0.459 e. The number of carbonyl (C=O) groups is 2. The molecule has 4 aliphatic rings. The highest BCUT2D eigenvalue weighted by Crippen LogP contribution is 2.43. The van der Waals surface area contributed by atoms with Crippen molar-refractivity contribution in [3.05, 3.63) is 42.0 Å². The molecule has 154 valence electrons. The summed E-state index contributed by atoms with van der Waals surface area (Å²) in [4.78, 5) is 29.6. The van der Waals surface area contributed by atoms with Gasteiger partial charge in [0.05, 0.1) is 0 Å². The average Bonchev–Trinajstić information content (AvgIpc) is 2.74. The van der Waals surface area contributed by atoms with Gasteiger partial charge in [0.2, 0.25) is 5.91 Å². The normalized spacial score (nSPS) is 34.6. The van der Waals surface area contributed by atoms with Crippen molar-refractivity contribution >= 4 is 18.0 Å². The number of hydrogen-bond donors (Lipinski definition) is 0. The van der Waals surface area contributed by atoms with Gasteiger partial charge in [-0.05, 0) is 49.2 Å². The van der Waals surface area contributed by atoms with Crippen LogP contribution in [-0.4, -0.2) is 59.5 Å². The van der Waals surface area contributed by atoms with Crippen molar-refractivity contribution < 1.29 is 14.3 Å². The minimum absolute atomic E-state index is 0.0181. The van der Waals surface area contributed by atoms with Crippen LogP contribution in [0.3, 0.4) is 0 Å². The predicted molar refractivity (Wildman–Crippen MR) is 111 cm³/mol. The Balaban J connectivity index is 1.21. The van der Waals surface area contributed by atoms with Crippen LogP contribution in [0.5, 0.6) is 0 Å². The van der Waals surface area contributed by atoms with Crippen molar-refractivity contribution in [3.8, 4) is 0 Å². The molecule has 5 heteroatoms. The smallest absolute Gasteiger partial charge is 0.331 e. The number of benzene rings is 1. The molecule has 2 bridgehead atoms. The van der Waals surface area contributed by atoms with Crippen LogP contribution in [-0.2, 0) is 14.3 Å². The molecule has 5 unspecified atom stereocenters.